The molecule has 0 unspecified atom stereocenters. The van der Waals surface area contributed by atoms with E-state index in [1.807, 2.05) is 11.3 Å². The Hall–Kier alpha value is -0.340. The molecule has 0 bridgehead atoms. The molecule has 1 heterocycles. The van der Waals surface area contributed by atoms with Crippen molar-refractivity contribution in [2.75, 3.05) is 6.54 Å². The Balaban J connectivity index is 2.35. The predicted octanol–water partition coefficient (Wildman–Crippen LogP) is 4.01. The minimum absolute atomic E-state index is 0.391. The number of aryl methyl sites for hydroxylation is 2. The molecule has 0 aliphatic rings. The molecule has 2 heteroatoms. The van der Waals surface area contributed by atoms with Crippen LogP contribution in [0, 0.1) is 12.3 Å². The van der Waals surface area contributed by atoms with E-state index in [1.54, 1.807) is 0 Å². The van der Waals surface area contributed by atoms with Crippen molar-refractivity contribution in [3.8, 4) is 0 Å². The molecule has 0 aliphatic heterocycles. The molecule has 0 fully saturated rings. The van der Waals surface area contributed by atoms with Crippen molar-refractivity contribution in [1.29, 1.82) is 0 Å². The molecule has 0 radical (unpaired) electrons. The summed E-state index contributed by atoms with van der Waals surface area (Å²) >= 11 is 1.93. The Kier molecular flexibility index (Phi) is 5.00. The summed E-state index contributed by atoms with van der Waals surface area (Å²) in [6.07, 6.45) is 2.47. The van der Waals surface area contributed by atoms with Crippen LogP contribution in [0.2, 0.25) is 0 Å². The molecule has 0 amide bonds. The third-order valence-electron chi connectivity index (χ3n) is 2.83. The van der Waals surface area contributed by atoms with E-state index in [1.165, 1.54) is 22.6 Å². The largest absolute Gasteiger partial charge is 0.314 e. The van der Waals surface area contributed by atoms with Gasteiger partial charge in [0.05, 0.1) is 0 Å². The quantitative estimate of drug-likeness (QED) is 0.791. The van der Waals surface area contributed by atoms with Crippen LogP contribution in [0.15, 0.2) is 12.1 Å². The maximum atomic E-state index is 3.53. The van der Waals surface area contributed by atoms with Gasteiger partial charge in [0.15, 0.2) is 0 Å². The summed E-state index contributed by atoms with van der Waals surface area (Å²) in [5.41, 5.74) is 0.391. The van der Waals surface area contributed by atoms with E-state index in [0.717, 1.165) is 6.54 Å². The molecule has 1 N–H and O–H groups in total. The van der Waals surface area contributed by atoms with Crippen LogP contribution in [-0.2, 0) is 6.42 Å². The van der Waals surface area contributed by atoms with Gasteiger partial charge in [-0.05, 0) is 37.3 Å². The molecule has 0 aromatic carbocycles. The highest BCUT2D eigenvalue weighted by atomic mass is 32.1. The summed E-state index contributed by atoms with van der Waals surface area (Å²) in [5.74, 6) is 0. The summed E-state index contributed by atoms with van der Waals surface area (Å²) in [6.45, 7) is 12.4. The number of rotatable bonds is 6. The van der Waals surface area contributed by atoms with E-state index in [0.29, 0.717) is 11.5 Å². The number of hydrogen-bond acceptors (Lipinski definition) is 2. The summed E-state index contributed by atoms with van der Waals surface area (Å²) in [5, 5.41) is 3.53. The van der Waals surface area contributed by atoms with E-state index in [-0.39, 0.29) is 0 Å². The molecule has 0 atom stereocenters. The van der Waals surface area contributed by atoms with Gasteiger partial charge in [0.1, 0.15) is 0 Å². The second-order valence-electron chi connectivity index (χ2n) is 5.71. The molecule has 0 aliphatic carbocycles. The minimum atomic E-state index is 0.391. The van der Waals surface area contributed by atoms with E-state index in [2.05, 4.69) is 52.1 Å². The van der Waals surface area contributed by atoms with Crippen LogP contribution in [0.3, 0.4) is 0 Å². The van der Waals surface area contributed by atoms with Gasteiger partial charge < -0.3 is 5.32 Å². The highest BCUT2D eigenvalue weighted by Crippen LogP contribution is 2.25. The molecule has 0 saturated heterocycles. The fourth-order valence-electron chi connectivity index (χ4n) is 1.65. The zero-order chi connectivity index (χ0) is 12.2. The molecule has 1 rings (SSSR count). The topological polar surface area (TPSA) is 12.0 Å². The standard InChI is InChI=1S/C14H25NS/c1-11(2)15-10-14(4,5)9-8-13-7-6-12(3)16-13/h6-7,11,15H,8-10H2,1-5H3. The first-order valence-electron chi connectivity index (χ1n) is 6.18. The summed E-state index contributed by atoms with van der Waals surface area (Å²) in [7, 11) is 0. The molecule has 0 spiro atoms. The Morgan fingerprint density at radius 3 is 2.50 bits per heavy atom. The van der Waals surface area contributed by atoms with Crippen LogP contribution in [0.25, 0.3) is 0 Å². The minimum Gasteiger partial charge on any atom is -0.314 e. The third-order valence-corrected chi connectivity index (χ3v) is 3.89. The van der Waals surface area contributed by atoms with Gasteiger partial charge >= 0.3 is 0 Å². The lowest BCUT2D eigenvalue weighted by molar-refractivity contribution is 0.305. The molecule has 1 aromatic rings. The van der Waals surface area contributed by atoms with Gasteiger partial charge in [-0.1, -0.05) is 27.7 Å². The van der Waals surface area contributed by atoms with Crippen molar-refractivity contribution in [2.24, 2.45) is 5.41 Å². The van der Waals surface area contributed by atoms with Gasteiger partial charge in [-0.2, -0.15) is 0 Å². The average Bonchev–Trinajstić information content (AvgIpc) is 2.59. The zero-order valence-corrected chi connectivity index (χ0v) is 12.1. The maximum Gasteiger partial charge on any atom is 0.00482 e. The zero-order valence-electron chi connectivity index (χ0n) is 11.3. The molecule has 1 aromatic heterocycles. The van der Waals surface area contributed by atoms with Crippen molar-refractivity contribution in [3.63, 3.8) is 0 Å². The van der Waals surface area contributed by atoms with Crippen LogP contribution in [0.5, 0.6) is 0 Å². The van der Waals surface area contributed by atoms with Crippen molar-refractivity contribution < 1.29 is 0 Å². The SMILES string of the molecule is Cc1ccc(CCC(C)(C)CNC(C)C)s1. The molecular weight excluding hydrogens is 214 g/mol. The third kappa shape index (κ3) is 5.13. The monoisotopic (exact) mass is 239 g/mol. The van der Waals surface area contributed by atoms with Gasteiger partial charge in [0.2, 0.25) is 0 Å². The fourth-order valence-corrected chi connectivity index (χ4v) is 2.54. The van der Waals surface area contributed by atoms with Crippen LogP contribution in [0.1, 0.15) is 43.9 Å². The second kappa shape index (κ2) is 5.83. The van der Waals surface area contributed by atoms with Gasteiger partial charge in [-0.25, -0.2) is 0 Å². The lowest BCUT2D eigenvalue weighted by Gasteiger charge is -2.26. The van der Waals surface area contributed by atoms with E-state index in [4.69, 9.17) is 0 Å². The lowest BCUT2D eigenvalue weighted by atomic mass is 9.87. The first kappa shape index (κ1) is 13.7. The van der Waals surface area contributed by atoms with Gasteiger partial charge in [-0.15, -0.1) is 11.3 Å². The number of nitrogens with one attached hydrogen (secondary N) is 1. The van der Waals surface area contributed by atoms with Crippen molar-refractivity contribution >= 4 is 11.3 Å². The highest BCUT2D eigenvalue weighted by molar-refractivity contribution is 7.11. The van der Waals surface area contributed by atoms with E-state index in [9.17, 15) is 0 Å². The summed E-state index contributed by atoms with van der Waals surface area (Å²) < 4.78 is 0. The summed E-state index contributed by atoms with van der Waals surface area (Å²) in [4.78, 5) is 2.95. The Bertz CT molecular complexity index is 312. The average molecular weight is 239 g/mol. The van der Waals surface area contributed by atoms with Crippen LogP contribution >= 0.6 is 11.3 Å². The van der Waals surface area contributed by atoms with Gasteiger partial charge in [0, 0.05) is 22.3 Å². The van der Waals surface area contributed by atoms with Gasteiger partial charge in [-0.3, -0.25) is 0 Å². The van der Waals surface area contributed by atoms with Gasteiger partial charge in [0.25, 0.3) is 0 Å². The predicted molar refractivity (Wildman–Crippen MR) is 74.3 cm³/mol. The highest BCUT2D eigenvalue weighted by Gasteiger charge is 2.18. The van der Waals surface area contributed by atoms with Crippen LogP contribution in [-0.4, -0.2) is 12.6 Å². The number of hydrogen-bond donors (Lipinski definition) is 1. The van der Waals surface area contributed by atoms with Crippen molar-refractivity contribution in [2.45, 2.75) is 53.5 Å². The maximum absolute atomic E-state index is 3.53. The Labute approximate surface area is 104 Å². The lowest BCUT2D eigenvalue weighted by Crippen LogP contribution is -2.34. The smallest absolute Gasteiger partial charge is 0.00482 e. The first-order chi connectivity index (χ1) is 7.39. The van der Waals surface area contributed by atoms with Crippen LogP contribution < -0.4 is 5.32 Å². The van der Waals surface area contributed by atoms with Crippen molar-refractivity contribution in [3.05, 3.63) is 21.9 Å². The molecule has 16 heavy (non-hydrogen) atoms. The Morgan fingerprint density at radius 1 is 1.31 bits per heavy atom. The molecular formula is C14H25NS. The van der Waals surface area contributed by atoms with E-state index < -0.39 is 0 Å². The second-order valence-corrected chi connectivity index (χ2v) is 7.08. The van der Waals surface area contributed by atoms with E-state index >= 15 is 0 Å². The van der Waals surface area contributed by atoms with Crippen molar-refractivity contribution in [1.82, 2.24) is 5.32 Å². The number of thiophene rings is 1. The molecule has 0 saturated carbocycles. The molecule has 92 valence electrons. The molecule has 1 nitrogen and oxygen atoms in total. The summed E-state index contributed by atoms with van der Waals surface area (Å²) in [6, 6.07) is 5.08. The Morgan fingerprint density at radius 2 is 2.00 bits per heavy atom. The normalized spacial score (nSPS) is 12.4. The fraction of sp³-hybridized carbons (Fsp3) is 0.714. The first-order valence-corrected chi connectivity index (χ1v) is 6.99. The van der Waals surface area contributed by atoms with Crippen LogP contribution in [0.4, 0.5) is 0 Å².